The molecule has 0 saturated heterocycles. The van der Waals surface area contributed by atoms with Crippen molar-refractivity contribution >= 4 is 107 Å². The summed E-state index contributed by atoms with van der Waals surface area (Å²) in [4.78, 5) is 7.31. The van der Waals surface area contributed by atoms with Gasteiger partial charge >= 0.3 is 0 Å². The second kappa shape index (κ2) is 13.0. The Morgan fingerprint density at radius 2 is 0.833 bits per heavy atom. The van der Waals surface area contributed by atoms with Gasteiger partial charge in [0.05, 0.1) is 50.0 Å². The molecule has 0 aromatic heterocycles. The second-order valence-electron chi connectivity index (χ2n) is 21.8. The summed E-state index contributed by atoms with van der Waals surface area (Å²) in [5.41, 5.74) is 12.1. The molecule has 1 atom stereocenters. The first-order valence-corrected chi connectivity index (χ1v) is 25.0. The predicted octanol–water partition coefficient (Wildman–Crippen LogP) is 16.1. The van der Waals surface area contributed by atoms with Gasteiger partial charge in [0.1, 0.15) is 5.69 Å². The van der Waals surface area contributed by atoms with E-state index in [1.807, 2.05) is 0 Å². The van der Waals surface area contributed by atoms with Gasteiger partial charge in [0.2, 0.25) is 0 Å². The number of hydrogen-bond donors (Lipinski definition) is 0. The van der Waals surface area contributed by atoms with Crippen LogP contribution in [0.2, 0.25) is 0 Å². The Hall–Kier alpha value is -6.81. The lowest BCUT2D eigenvalue weighted by atomic mass is 9.86. The average molecular weight is 878 g/mol. The zero-order valence-corrected chi connectivity index (χ0v) is 39.9. The van der Waals surface area contributed by atoms with Gasteiger partial charge in [-0.3, -0.25) is 0 Å². The van der Waals surface area contributed by atoms with E-state index in [1.54, 1.807) is 0 Å². The van der Waals surface area contributed by atoms with E-state index < -0.39 is 7.14 Å². The number of hydrogen-bond acceptors (Lipinski definition) is 5. The van der Waals surface area contributed by atoms with Gasteiger partial charge in [-0.05, 0) is 92.2 Å². The van der Waals surface area contributed by atoms with Crippen LogP contribution in [0.5, 0.6) is 11.5 Å². The second-order valence-corrected chi connectivity index (χ2v) is 24.4. The first-order valence-electron chi connectivity index (χ1n) is 23.3. The molecule has 9 aromatic carbocycles. The van der Waals surface area contributed by atoms with Crippen LogP contribution in [0.1, 0.15) is 79.0 Å². The molecule has 4 aliphatic rings. The van der Waals surface area contributed by atoms with E-state index in [9.17, 15) is 0 Å². The number of fused-ring (bicyclic) bond motifs is 10. The molecule has 1 unspecified atom stereocenters. The summed E-state index contributed by atoms with van der Waals surface area (Å²) in [5, 5.41) is 8.84. The van der Waals surface area contributed by atoms with Crippen LogP contribution in [0.4, 0.5) is 51.2 Å². The van der Waals surface area contributed by atoms with Crippen molar-refractivity contribution < 1.29 is 9.30 Å². The average Bonchev–Trinajstić information content (AvgIpc) is 3.29. The maximum Gasteiger partial charge on any atom is 0.183 e. The Balaban J connectivity index is 1.27. The van der Waals surface area contributed by atoms with E-state index in [4.69, 9.17) is 4.74 Å². The van der Waals surface area contributed by atoms with Crippen LogP contribution in [-0.2, 0) is 20.8 Å². The lowest BCUT2D eigenvalue weighted by molar-refractivity contribution is 0.478. The standard InChI is InChI=1S/C60H52N3O2P/c1-58(2,3)37-22-27-40(28-23-37)61-47-32-35-16-10-12-18-42(35)50-55(47)66(64)56-48(61)33-36-17-11-13-19-43(36)51(56)63-46-31-26-39(60(7,8)9)34-49(46)65-54-45-21-15-14-20-44(45)52(57(66)53(54)63)62(50)41-29-24-38(25-30-41)59(4,5)6/h10-34H,1-9H3. The van der Waals surface area contributed by atoms with Crippen molar-refractivity contribution in [3.05, 3.63) is 168 Å². The molecular weight excluding hydrogens is 826 g/mol. The fraction of sp³-hybridized carbons (Fsp3) is 0.200. The van der Waals surface area contributed by atoms with E-state index in [1.165, 1.54) is 16.7 Å². The van der Waals surface area contributed by atoms with Gasteiger partial charge in [-0.2, -0.15) is 0 Å². The van der Waals surface area contributed by atoms with E-state index in [0.717, 1.165) is 111 Å². The molecule has 0 bridgehead atoms. The van der Waals surface area contributed by atoms with Gasteiger partial charge in [-0.15, -0.1) is 0 Å². The summed E-state index contributed by atoms with van der Waals surface area (Å²) >= 11 is 0. The van der Waals surface area contributed by atoms with E-state index >= 15 is 4.57 Å². The number of benzene rings is 9. The monoisotopic (exact) mass is 877 g/mol. The molecule has 0 aliphatic carbocycles. The Labute approximate surface area is 387 Å². The summed E-state index contributed by atoms with van der Waals surface area (Å²) in [6.07, 6.45) is 0. The normalized spacial score (nSPS) is 16.7. The molecule has 13 rings (SSSR count). The van der Waals surface area contributed by atoms with Crippen LogP contribution in [0.25, 0.3) is 32.3 Å². The fourth-order valence-corrected chi connectivity index (χ4v) is 15.0. The summed E-state index contributed by atoms with van der Waals surface area (Å²) in [5.74, 6) is 1.54. The molecule has 9 aromatic rings. The van der Waals surface area contributed by atoms with Crippen LogP contribution in [0, 0.1) is 0 Å². The number of rotatable bonds is 2. The lowest BCUT2D eigenvalue weighted by Crippen LogP contribution is -2.48. The molecule has 66 heavy (non-hydrogen) atoms. The van der Waals surface area contributed by atoms with E-state index in [0.29, 0.717) is 0 Å². The van der Waals surface area contributed by atoms with Crippen LogP contribution in [-0.4, -0.2) is 0 Å². The Bertz CT molecular complexity index is 3640. The smallest absolute Gasteiger partial charge is 0.183 e. The molecule has 0 N–H and O–H groups in total. The zero-order chi connectivity index (χ0) is 45.4. The van der Waals surface area contributed by atoms with Crippen LogP contribution >= 0.6 is 7.14 Å². The SMILES string of the molecule is CC(C)(C)c1ccc(N2c3cc4ccccc4c4c3P3(=O)c5c2cc2ccccc2c5N(c2ccc(C(C)(C)C)cc2)c2c3c3c(c5ccccc25)Oc2cc(C(C)(C)C)ccc2N34)cc1. The largest absolute Gasteiger partial charge is 0.452 e. The van der Waals surface area contributed by atoms with Crippen molar-refractivity contribution in [2.75, 3.05) is 14.7 Å². The molecule has 0 spiro atoms. The number of nitrogens with zero attached hydrogens (tertiary/aromatic N) is 3. The highest BCUT2D eigenvalue weighted by molar-refractivity contribution is 7.87. The van der Waals surface area contributed by atoms with Crippen molar-refractivity contribution in [2.24, 2.45) is 0 Å². The molecule has 6 heteroatoms. The number of ether oxygens (including phenoxy) is 1. The third-order valence-electron chi connectivity index (χ3n) is 14.6. The Morgan fingerprint density at radius 1 is 0.394 bits per heavy atom. The van der Waals surface area contributed by atoms with E-state index in [-0.39, 0.29) is 16.2 Å². The predicted molar refractivity (Wildman–Crippen MR) is 279 cm³/mol. The summed E-state index contributed by atoms with van der Waals surface area (Å²) in [7, 11) is -3.78. The minimum absolute atomic E-state index is 0.0272. The first-order chi connectivity index (χ1) is 31.5. The van der Waals surface area contributed by atoms with Crippen LogP contribution in [0.3, 0.4) is 0 Å². The molecule has 0 amide bonds. The molecule has 4 aliphatic heterocycles. The van der Waals surface area contributed by atoms with Crippen LogP contribution < -0.4 is 35.4 Å². The Morgan fingerprint density at radius 3 is 1.36 bits per heavy atom. The summed E-state index contributed by atoms with van der Waals surface area (Å²) in [6.45, 7) is 20.3. The lowest BCUT2D eigenvalue weighted by Gasteiger charge is -2.52. The van der Waals surface area contributed by atoms with Crippen molar-refractivity contribution in [1.82, 2.24) is 0 Å². The maximum absolute atomic E-state index is 18.3. The highest BCUT2D eigenvalue weighted by Crippen LogP contribution is 2.72. The third-order valence-corrected chi connectivity index (χ3v) is 17.8. The minimum Gasteiger partial charge on any atom is -0.452 e. The third kappa shape index (κ3) is 5.15. The van der Waals surface area contributed by atoms with Crippen molar-refractivity contribution in [3.8, 4) is 11.5 Å². The summed E-state index contributed by atoms with van der Waals surface area (Å²) < 4.78 is 25.6. The van der Waals surface area contributed by atoms with Gasteiger partial charge in [-0.25, -0.2) is 0 Å². The van der Waals surface area contributed by atoms with Crippen LogP contribution in [0.15, 0.2) is 152 Å². The molecule has 324 valence electrons. The Kier molecular flexibility index (Phi) is 7.76. The van der Waals surface area contributed by atoms with Gasteiger partial charge in [0, 0.05) is 32.9 Å². The van der Waals surface area contributed by atoms with Gasteiger partial charge in [0.25, 0.3) is 0 Å². The minimum atomic E-state index is -3.78. The van der Waals surface area contributed by atoms with E-state index in [2.05, 4.69) is 229 Å². The summed E-state index contributed by atoms with van der Waals surface area (Å²) in [6, 6.07) is 55.4. The molecule has 0 saturated carbocycles. The van der Waals surface area contributed by atoms with Gasteiger partial charge in [-0.1, -0.05) is 165 Å². The molecule has 4 heterocycles. The van der Waals surface area contributed by atoms with Crippen molar-refractivity contribution in [2.45, 2.75) is 78.6 Å². The van der Waals surface area contributed by atoms with Gasteiger partial charge in [0.15, 0.2) is 18.6 Å². The maximum atomic E-state index is 18.3. The topological polar surface area (TPSA) is 36.0 Å². The highest BCUT2D eigenvalue weighted by atomic mass is 31.2. The highest BCUT2D eigenvalue weighted by Gasteiger charge is 2.58. The first kappa shape index (κ1) is 39.5. The quantitative estimate of drug-likeness (QED) is 0.162. The zero-order valence-electron chi connectivity index (χ0n) is 39.0. The molecule has 5 nitrogen and oxygen atoms in total. The fourth-order valence-electron chi connectivity index (χ4n) is 11.3. The number of anilines is 9. The van der Waals surface area contributed by atoms with Crippen molar-refractivity contribution in [3.63, 3.8) is 0 Å². The molecule has 0 fully saturated rings. The molecular formula is C60H52N3O2P. The van der Waals surface area contributed by atoms with Crippen molar-refractivity contribution in [1.29, 1.82) is 0 Å². The molecule has 0 radical (unpaired) electrons. The van der Waals surface area contributed by atoms with Gasteiger partial charge < -0.3 is 24.0 Å².